The number of likely N-dealkylation sites (tertiary alicyclic amines) is 1. The predicted octanol–water partition coefficient (Wildman–Crippen LogP) is 3.76. The van der Waals surface area contributed by atoms with Crippen LogP contribution in [0, 0.1) is 45.3 Å². The van der Waals surface area contributed by atoms with Gasteiger partial charge in [0.05, 0.1) is 42.2 Å². The van der Waals surface area contributed by atoms with Crippen LogP contribution >= 0.6 is 0 Å². The van der Waals surface area contributed by atoms with Gasteiger partial charge in [0.25, 0.3) is 0 Å². The fraction of sp³-hybridized carbons (Fsp3) is 1.00. The fourth-order valence-corrected chi connectivity index (χ4v) is 14.2. The Morgan fingerprint density at radius 3 is 2.35 bits per heavy atom. The third-order valence-electron chi connectivity index (χ3n) is 16.8. The van der Waals surface area contributed by atoms with Crippen LogP contribution in [0.5, 0.6) is 0 Å². The molecular formula is C39H67N3O6. The summed E-state index contributed by atoms with van der Waals surface area (Å²) in [5, 5.41) is 34.0. The second kappa shape index (κ2) is 11.1. The first kappa shape index (κ1) is 34.7. The molecule has 9 nitrogen and oxygen atoms in total. The summed E-state index contributed by atoms with van der Waals surface area (Å²) in [4.78, 5) is 5.15. The van der Waals surface area contributed by atoms with E-state index in [2.05, 4.69) is 51.3 Å². The molecule has 8 aliphatic rings. The summed E-state index contributed by atoms with van der Waals surface area (Å²) >= 11 is 0. The summed E-state index contributed by atoms with van der Waals surface area (Å²) < 4.78 is 19.9. The molecular weight excluding hydrogens is 606 g/mol. The average Bonchev–Trinajstić information content (AvgIpc) is 3.61. The number of hydrogen-bond donors (Lipinski definition) is 4. The standard InChI is InChI=1S/C39H67N3O6/c1-22(2)42-18-24(19-42)41-15-16-46-29(20-41)48-28-11-12-37-21-38(37)14-13-36(8)30-23(3)17-25(32(43)35(6,7)45)47-31(30)33(44)39(36,40)27(38)10-9-26(37)34(28,4)5/h22-33,43-45H,9-21,40H2,1-8H3. The maximum absolute atomic E-state index is 12.3. The minimum atomic E-state index is -1.27. The van der Waals surface area contributed by atoms with Crippen LogP contribution < -0.4 is 5.73 Å². The van der Waals surface area contributed by atoms with Gasteiger partial charge in [0.2, 0.25) is 0 Å². The summed E-state index contributed by atoms with van der Waals surface area (Å²) in [6, 6.07) is 1.23. The maximum atomic E-state index is 12.3. The van der Waals surface area contributed by atoms with Crippen molar-refractivity contribution in [3.8, 4) is 0 Å². The van der Waals surface area contributed by atoms with Crippen LogP contribution in [-0.2, 0) is 14.2 Å². The molecule has 8 fully saturated rings. The number of rotatable bonds is 6. The van der Waals surface area contributed by atoms with Crippen molar-refractivity contribution in [1.82, 2.24) is 9.80 Å². The van der Waals surface area contributed by atoms with Crippen molar-refractivity contribution in [1.29, 1.82) is 0 Å². The average molecular weight is 674 g/mol. The van der Waals surface area contributed by atoms with E-state index < -0.39 is 35.6 Å². The van der Waals surface area contributed by atoms with Gasteiger partial charge in [-0.05, 0) is 124 Å². The second-order valence-electron chi connectivity index (χ2n) is 19.9. The summed E-state index contributed by atoms with van der Waals surface area (Å²) in [6.45, 7) is 22.3. The van der Waals surface area contributed by atoms with Gasteiger partial charge in [-0.25, -0.2) is 0 Å². The number of hydrogen-bond acceptors (Lipinski definition) is 9. The molecule has 9 heteroatoms. The SMILES string of the molecule is CC1CC(C(O)C(C)(C)O)OC2C1C1(C)CCC34CC35CCC(OC3CN(C6CN(C(C)C)C6)CCO3)C(C)(C)C5CCC4C1(N)C2O. The Hall–Kier alpha value is -0.360. The predicted molar refractivity (Wildman–Crippen MR) is 184 cm³/mol. The molecule has 14 atom stereocenters. The lowest BCUT2D eigenvalue weighted by atomic mass is 9.43. The van der Waals surface area contributed by atoms with E-state index in [0.717, 1.165) is 58.5 Å². The molecule has 0 amide bonds. The van der Waals surface area contributed by atoms with Gasteiger partial charge in [-0.1, -0.05) is 27.7 Å². The zero-order chi connectivity index (χ0) is 34.4. The smallest absolute Gasteiger partial charge is 0.170 e. The van der Waals surface area contributed by atoms with E-state index in [1.54, 1.807) is 13.8 Å². The lowest BCUT2D eigenvalue weighted by molar-refractivity contribution is -0.251. The molecule has 0 aromatic carbocycles. The molecule has 3 aliphatic heterocycles. The fourth-order valence-electron chi connectivity index (χ4n) is 14.2. The molecule has 0 bridgehead atoms. The number of aliphatic hydroxyl groups excluding tert-OH is 2. The highest BCUT2D eigenvalue weighted by Gasteiger charge is 2.85. The molecule has 3 saturated heterocycles. The Balaban J connectivity index is 0.991. The van der Waals surface area contributed by atoms with E-state index in [-0.39, 0.29) is 51.8 Å². The lowest BCUT2D eigenvalue weighted by Crippen LogP contribution is -2.70. The summed E-state index contributed by atoms with van der Waals surface area (Å²) in [6.07, 6.45) is 5.76. The minimum Gasteiger partial charge on any atom is -0.388 e. The van der Waals surface area contributed by atoms with Crippen molar-refractivity contribution < 1.29 is 29.5 Å². The highest BCUT2D eigenvalue weighted by Crippen LogP contribution is 2.87. The number of aliphatic hydroxyl groups is 3. The van der Waals surface area contributed by atoms with E-state index >= 15 is 0 Å². The molecule has 0 aromatic rings. The zero-order valence-electron chi connectivity index (χ0n) is 31.2. The Labute approximate surface area is 289 Å². The second-order valence-corrected chi connectivity index (χ2v) is 19.9. The maximum Gasteiger partial charge on any atom is 0.170 e. The zero-order valence-corrected chi connectivity index (χ0v) is 31.2. The Bertz CT molecular complexity index is 1250. The van der Waals surface area contributed by atoms with E-state index in [0.29, 0.717) is 24.4 Å². The van der Waals surface area contributed by atoms with Crippen LogP contribution in [0.15, 0.2) is 0 Å². The highest BCUT2D eigenvalue weighted by atomic mass is 16.7. The van der Waals surface area contributed by atoms with Crippen molar-refractivity contribution in [2.45, 2.75) is 167 Å². The Morgan fingerprint density at radius 1 is 0.979 bits per heavy atom. The van der Waals surface area contributed by atoms with Crippen molar-refractivity contribution in [2.75, 3.05) is 32.8 Å². The van der Waals surface area contributed by atoms with Gasteiger partial charge < -0.3 is 35.3 Å². The topological polar surface area (TPSA) is 121 Å². The van der Waals surface area contributed by atoms with Gasteiger partial charge in [0, 0.05) is 38.3 Å². The summed E-state index contributed by atoms with van der Waals surface area (Å²) in [5.41, 5.74) is 5.98. The van der Waals surface area contributed by atoms with Crippen LogP contribution in [0.1, 0.15) is 107 Å². The number of nitrogens with zero attached hydrogens (tertiary/aromatic N) is 2. The first-order valence-corrected chi connectivity index (χ1v) is 19.7. The third-order valence-corrected chi connectivity index (χ3v) is 16.8. The Morgan fingerprint density at radius 2 is 1.67 bits per heavy atom. The van der Waals surface area contributed by atoms with Crippen LogP contribution in [0.25, 0.3) is 0 Å². The van der Waals surface area contributed by atoms with Crippen molar-refractivity contribution in [3.05, 3.63) is 0 Å². The molecule has 5 N–H and O–H groups in total. The van der Waals surface area contributed by atoms with Crippen molar-refractivity contribution in [2.24, 2.45) is 51.1 Å². The Kier molecular flexibility index (Phi) is 8.01. The van der Waals surface area contributed by atoms with Gasteiger partial charge >= 0.3 is 0 Å². The summed E-state index contributed by atoms with van der Waals surface area (Å²) in [5.74, 6) is 1.19. The molecule has 5 aliphatic carbocycles. The molecule has 0 aromatic heterocycles. The highest BCUT2D eigenvalue weighted by molar-refractivity contribution is 5.35. The van der Waals surface area contributed by atoms with Crippen molar-refractivity contribution >= 4 is 0 Å². The molecule has 8 rings (SSSR count). The monoisotopic (exact) mass is 674 g/mol. The van der Waals surface area contributed by atoms with Crippen LogP contribution in [0.4, 0.5) is 0 Å². The lowest BCUT2D eigenvalue weighted by Gasteiger charge is -2.63. The number of ether oxygens (including phenoxy) is 3. The molecule has 274 valence electrons. The van der Waals surface area contributed by atoms with Crippen LogP contribution in [-0.4, -0.2) is 118 Å². The quantitative estimate of drug-likeness (QED) is 0.334. The van der Waals surface area contributed by atoms with E-state index in [1.807, 2.05) is 0 Å². The van der Waals surface area contributed by atoms with Gasteiger partial charge in [0.15, 0.2) is 6.29 Å². The molecule has 2 spiro atoms. The van der Waals surface area contributed by atoms with Crippen LogP contribution in [0.2, 0.25) is 0 Å². The van der Waals surface area contributed by atoms with E-state index in [4.69, 9.17) is 19.9 Å². The number of fused-ring (bicyclic) bond motifs is 4. The third kappa shape index (κ3) is 4.53. The molecule has 0 radical (unpaired) electrons. The van der Waals surface area contributed by atoms with Crippen molar-refractivity contribution in [3.63, 3.8) is 0 Å². The molecule has 14 unspecified atom stereocenters. The normalized spacial score (nSPS) is 52.8. The first-order valence-electron chi connectivity index (χ1n) is 19.7. The van der Waals surface area contributed by atoms with Gasteiger partial charge in [-0.15, -0.1) is 0 Å². The summed E-state index contributed by atoms with van der Waals surface area (Å²) in [7, 11) is 0. The van der Waals surface area contributed by atoms with E-state index in [9.17, 15) is 15.3 Å². The van der Waals surface area contributed by atoms with Gasteiger partial charge in [-0.2, -0.15) is 0 Å². The van der Waals surface area contributed by atoms with Gasteiger partial charge in [-0.3, -0.25) is 9.80 Å². The molecule has 3 heterocycles. The largest absolute Gasteiger partial charge is 0.388 e. The molecule has 5 saturated carbocycles. The first-order chi connectivity index (χ1) is 22.4. The number of morpholine rings is 1. The minimum absolute atomic E-state index is 0.0339. The molecule has 48 heavy (non-hydrogen) atoms. The van der Waals surface area contributed by atoms with E-state index in [1.165, 1.54) is 19.3 Å². The van der Waals surface area contributed by atoms with Crippen LogP contribution in [0.3, 0.4) is 0 Å². The number of nitrogens with two attached hydrogens (primary N) is 1. The van der Waals surface area contributed by atoms with Gasteiger partial charge in [0.1, 0.15) is 6.10 Å².